The number of H-pyrrole nitrogens is 1. The molecule has 1 aliphatic carbocycles. The molecule has 0 unspecified atom stereocenters. The smallest absolute Gasteiger partial charge is 0.329 e. The van der Waals surface area contributed by atoms with E-state index in [9.17, 15) is 14.7 Å². The molecule has 2 aromatic rings. The zero-order chi connectivity index (χ0) is 16.4. The lowest BCUT2D eigenvalue weighted by atomic mass is 9.81. The summed E-state index contributed by atoms with van der Waals surface area (Å²) < 4.78 is 5.47. The van der Waals surface area contributed by atoms with Crippen molar-refractivity contribution in [2.24, 2.45) is 0 Å². The average Bonchev–Trinajstić information content (AvgIpc) is 3.16. The van der Waals surface area contributed by atoms with Gasteiger partial charge in [0.1, 0.15) is 17.0 Å². The van der Waals surface area contributed by atoms with Crippen LogP contribution in [0.3, 0.4) is 0 Å². The first-order valence-electron chi connectivity index (χ1n) is 7.68. The molecule has 0 saturated heterocycles. The van der Waals surface area contributed by atoms with Gasteiger partial charge in [0, 0.05) is 6.07 Å². The van der Waals surface area contributed by atoms with Crippen LogP contribution < -0.4 is 5.32 Å². The van der Waals surface area contributed by atoms with Crippen LogP contribution in [0.2, 0.25) is 0 Å². The highest BCUT2D eigenvalue weighted by atomic mass is 16.4. The quantitative estimate of drug-likeness (QED) is 0.803. The van der Waals surface area contributed by atoms with Gasteiger partial charge in [0.05, 0.1) is 0 Å². The first-order valence-corrected chi connectivity index (χ1v) is 7.68. The largest absolute Gasteiger partial charge is 0.480 e. The van der Waals surface area contributed by atoms with E-state index < -0.39 is 17.4 Å². The second-order valence-corrected chi connectivity index (χ2v) is 5.98. The fourth-order valence-electron chi connectivity index (χ4n) is 2.97. The maximum atomic E-state index is 12.4. The van der Waals surface area contributed by atoms with Gasteiger partial charge in [-0.15, -0.1) is 0 Å². The summed E-state index contributed by atoms with van der Waals surface area (Å²) >= 11 is 0. The molecule has 0 aliphatic heterocycles. The molecule has 3 rings (SSSR count). The highest BCUT2D eigenvalue weighted by Crippen LogP contribution is 2.29. The minimum absolute atomic E-state index is 0.153. The Hall–Kier alpha value is -2.57. The standard InChI is InChI=1S/C16H19N3O4/c1-10-5-6-13(23-10)11-9-12(19-18-11)14(20)17-16(15(21)22)7-3-2-4-8-16/h5-6,9H,2-4,7-8H2,1H3,(H,17,20)(H,18,19)(H,21,22). The maximum absolute atomic E-state index is 12.4. The second kappa shape index (κ2) is 5.91. The van der Waals surface area contributed by atoms with Crippen molar-refractivity contribution in [1.82, 2.24) is 15.5 Å². The van der Waals surface area contributed by atoms with E-state index >= 15 is 0 Å². The molecule has 122 valence electrons. The molecular weight excluding hydrogens is 298 g/mol. The molecule has 0 spiro atoms. The highest BCUT2D eigenvalue weighted by Gasteiger charge is 2.41. The van der Waals surface area contributed by atoms with Crippen LogP contribution in [0.1, 0.15) is 48.4 Å². The molecule has 2 heterocycles. The number of carboxylic acids is 1. The van der Waals surface area contributed by atoms with E-state index in [1.807, 2.05) is 13.0 Å². The number of aryl methyl sites for hydroxylation is 1. The number of carbonyl (C=O) groups excluding carboxylic acids is 1. The van der Waals surface area contributed by atoms with E-state index in [4.69, 9.17) is 4.42 Å². The topological polar surface area (TPSA) is 108 Å². The molecule has 2 aromatic heterocycles. The van der Waals surface area contributed by atoms with Crippen LogP contribution >= 0.6 is 0 Å². The van der Waals surface area contributed by atoms with E-state index in [0.717, 1.165) is 25.0 Å². The number of hydrogen-bond donors (Lipinski definition) is 3. The summed E-state index contributed by atoms with van der Waals surface area (Å²) in [5.41, 5.74) is -0.452. The van der Waals surface area contributed by atoms with Crippen molar-refractivity contribution in [2.75, 3.05) is 0 Å². The molecule has 1 fully saturated rings. The molecule has 1 saturated carbocycles. The monoisotopic (exact) mass is 317 g/mol. The zero-order valence-corrected chi connectivity index (χ0v) is 12.9. The zero-order valence-electron chi connectivity index (χ0n) is 12.9. The fourth-order valence-corrected chi connectivity index (χ4v) is 2.97. The van der Waals surface area contributed by atoms with Crippen molar-refractivity contribution in [1.29, 1.82) is 0 Å². The van der Waals surface area contributed by atoms with Crippen molar-refractivity contribution in [3.63, 3.8) is 0 Å². The lowest BCUT2D eigenvalue weighted by Gasteiger charge is -2.33. The number of aromatic amines is 1. The van der Waals surface area contributed by atoms with Gasteiger partial charge in [-0.3, -0.25) is 9.89 Å². The van der Waals surface area contributed by atoms with Crippen LogP contribution in [0.4, 0.5) is 0 Å². The molecule has 0 atom stereocenters. The Balaban J connectivity index is 1.78. The van der Waals surface area contributed by atoms with E-state index in [0.29, 0.717) is 24.3 Å². The van der Waals surface area contributed by atoms with Crippen molar-refractivity contribution in [3.05, 3.63) is 29.7 Å². The van der Waals surface area contributed by atoms with Gasteiger partial charge >= 0.3 is 5.97 Å². The van der Waals surface area contributed by atoms with Crippen LogP contribution in [-0.4, -0.2) is 32.7 Å². The molecule has 0 radical (unpaired) electrons. The Bertz CT molecular complexity index is 725. The number of aliphatic carboxylic acids is 1. The summed E-state index contributed by atoms with van der Waals surface area (Å²) in [6.45, 7) is 1.83. The Morgan fingerprint density at radius 2 is 2.04 bits per heavy atom. The van der Waals surface area contributed by atoms with Gasteiger partial charge in [-0.05, 0) is 31.9 Å². The summed E-state index contributed by atoms with van der Waals surface area (Å²) in [6.07, 6.45) is 3.48. The fraction of sp³-hybridized carbons (Fsp3) is 0.438. The normalized spacial score (nSPS) is 16.9. The molecule has 23 heavy (non-hydrogen) atoms. The molecule has 1 aliphatic rings. The molecule has 3 N–H and O–H groups in total. The second-order valence-electron chi connectivity index (χ2n) is 5.98. The Morgan fingerprint density at radius 3 is 2.65 bits per heavy atom. The first kappa shape index (κ1) is 15.3. The number of hydrogen-bond acceptors (Lipinski definition) is 4. The van der Waals surface area contributed by atoms with Crippen LogP contribution in [-0.2, 0) is 4.79 Å². The predicted octanol–water partition coefficient (Wildman–Crippen LogP) is 2.50. The lowest BCUT2D eigenvalue weighted by Crippen LogP contribution is -2.55. The maximum Gasteiger partial charge on any atom is 0.329 e. The summed E-state index contributed by atoms with van der Waals surface area (Å²) in [5.74, 6) is -0.129. The number of furan rings is 1. The van der Waals surface area contributed by atoms with Crippen molar-refractivity contribution < 1.29 is 19.1 Å². The van der Waals surface area contributed by atoms with Gasteiger partial charge in [0.15, 0.2) is 11.5 Å². The minimum atomic E-state index is -1.18. The third-order valence-electron chi connectivity index (χ3n) is 4.29. The molecule has 7 nitrogen and oxygen atoms in total. The molecular formula is C16H19N3O4. The average molecular weight is 317 g/mol. The van der Waals surface area contributed by atoms with Crippen LogP contribution in [0.15, 0.2) is 22.6 Å². The summed E-state index contributed by atoms with van der Waals surface area (Å²) in [7, 11) is 0. The third-order valence-corrected chi connectivity index (χ3v) is 4.29. The number of nitrogens with zero attached hydrogens (tertiary/aromatic N) is 1. The van der Waals surface area contributed by atoms with Crippen LogP contribution in [0.5, 0.6) is 0 Å². The number of carbonyl (C=O) groups is 2. The van der Waals surface area contributed by atoms with Gasteiger partial charge in [0.25, 0.3) is 5.91 Å². The third kappa shape index (κ3) is 2.99. The van der Waals surface area contributed by atoms with Crippen LogP contribution in [0.25, 0.3) is 11.5 Å². The van der Waals surface area contributed by atoms with Crippen LogP contribution in [0, 0.1) is 6.92 Å². The SMILES string of the molecule is Cc1ccc(-c2cc(C(=O)NC3(C(=O)O)CCCCC3)n[nH]2)o1. The summed E-state index contributed by atoms with van der Waals surface area (Å²) in [6, 6.07) is 5.16. The van der Waals surface area contributed by atoms with E-state index in [1.165, 1.54) is 0 Å². The predicted molar refractivity (Wildman–Crippen MR) is 81.9 cm³/mol. The van der Waals surface area contributed by atoms with Crippen molar-refractivity contribution in [2.45, 2.75) is 44.6 Å². The molecule has 1 amide bonds. The van der Waals surface area contributed by atoms with E-state index in [-0.39, 0.29) is 5.69 Å². The van der Waals surface area contributed by atoms with Gasteiger partial charge in [-0.2, -0.15) is 5.10 Å². The number of rotatable bonds is 4. The minimum Gasteiger partial charge on any atom is -0.480 e. The van der Waals surface area contributed by atoms with Crippen molar-refractivity contribution in [3.8, 4) is 11.5 Å². The van der Waals surface area contributed by atoms with Gasteiger partial charge in [-0.1, -0.05) is 19.3 Å². The van der Waals surface area contributed by atoms with Gasteiger partial charge in [0.2, 0.25) is 0 Å². The van der Waals surface area contributed by atoms with E-state index in [1.54, 1.807) is 12.1 Å². The van der Waals surface area contributed by atoms with E-state index in [2.05, 4.69) is 15.5 Å². The Labute approximate surface area is 133 Å². The number of amides is 1. The molecule has 7 heteroatoms. The lowest BCUT2D eigenvalue weighted by molar-refractivity contribution is -0.145. The van der Waals surface area contributed by atoms with Gasteiger partial charge < -0.3 is 14.8 Å². The summed E-state index contributed by atoms with van der Waals surface area (Å²) in [5, 5.41) is 18.9. The summed E-state index contributed by atoms with van der Waals surface area (Å²) in [4.78, 5) is 24.0. The number of nitrogens with one attached hydrogen (secondary N) is 2. The van der Waals surface area contributed by atoms with Gasteiger partial charge in [-0.25, -0.2) is 4.79 Å². The molecule has 0 bridgehead atoms. The number of aromatic nitrogens is 2. The first-order chi connectivity index (χ1) is 11.0. The van der Waals surface area contributed by atoms with Crippen molar-refractivity contribution >= 4 is 11.9 Å². The molecule has 0 aromatic carbocycles. The Morgan fingerprint density at radius 1 is 1.30 bits per heavy atom. The Kier molecular flexibility index (Phi) is 3.94. The number of carboxylic acid groups (broad SMARTS) is 1. The highest BCUT2D eigenvalue weighted by molar-refractivity contribution is 5.97.